The Kier molecular flexibility index (Phi) is 2.90. The summed E-state index contributed by atoms with van der Waals surface area (Å²) in [6, 6.07) is 0. The lowest BCUT2D eigenvalue weighted by Crippen LogP contribution is -2.40. The van der Waals surface area contributed by atoms with Crippen LogP contribution in [-0.4, -0.2) is 37.1 Å². The molecule has 0 spiro atoms. The van der Waals surface area contributed by atoms with E-state index in [1.807, 2.05) is 6.92 Å². The summed E-state index contributed by atoms with van der Waals surface area (Å²) in [4.78, 5) is 16.7. The summed E-state index contributed by atoms with van der Waals surface area (Å²) in [5, 5.41) is 3.80. The fourth-order valence-electron chi connectivity index (χ4n) is 1.93. The Morgan fingerprint density at radius 1 is 1.67 bits per heavy atom. The summed E-state index contributed by atoms with van der Waals surface area (Å²) in [6.45, 7) is 4.62. The van der Waals surface area contributed by atoms with Gasteiger partial charge in [0.2, 0.25) is 0 Å². The highest BCUT2D eigenvalue weighted by molar-refractivity contribution is 6.37. The lowest BCUT2D eigenvalue weighted by Gasteiger charge is -2.28. The summed E-state index contributed by atoms with van der Waals surface area (Å²) in [5.74, 6) is -0.327. The highest BCUT2D eigenvalue weighted by Gasteiger charge is 2.42. The van der Waals surface area contributed by atoms with E-state index in [2.05, 4.69) is 5.16 Å². The molecule has 0 aromatic carbocycles. The first-order chi connectivity index (χ1) is 7.22. The predicted molar refractivity (Wildman–Crippen MR) is 52.5 cm³/mol. The fourth-order valence-corrected chi connectivity index (χ4v) is 1.93. The van der Waals surface area contributed by atoms with Crippen molar-refractivity contribution in [1.82, 2.24) is 0 Å². The molecule has 5 nitrogen and oxygen atoms in total. The number of hydrogen-bond acceptors (Lipinski definition) is 5. The van der Waals surface area contributed by atoms with Crippen LogP contribution in [0.3, 0.4) is 0 Å². The number of ether oxygens (including phenoxy) is 2. The molecule has 0 bridgehead atoms. The second kappa shape index (κ2) is 4.18. The maximum Gasteiger partial charge on any atom is 0.356 e. The highest BCUT2D eigenvalue weighted by Crippen LogP contribution is 2.29. The third-order valence-electron chi connectivity index (χ3n) is 2.70. The van der Waals surface area contributed by atoms with Crippen molar-refractivity contribution in [3.8, 4) is 0 Å². The van der Waals surface area contributed by atoms with Gasteiger partial charge in [0.25, 0.3) is 0 Å². The van der Waals surface area contributed by atoms with Gasteiger partial charge in [-0.3, -0.25) is 0 Å². The van der Waals surface area contributed by atoms with Gasteiger partial charge < -0.3 is 14.3 Å². The molecule has 2 rings (SSSR count). The summed E-state index contributed by atoms with van der Waals surface area (Å²) in [7, 11) is 0. The number of carbonyl (C=O) groups excluding carboxylic acids is 1. The number of esters is 1. The minimum absolute atomic E-state index is 0.0350. The molecule has 1 saturated heterocycles. The number of hydrogen-bond donors (Lipinski definition) is 0. The van der Waals surface area contributed by atoms with Crippen LogP contribution in [0.1, 0.15) is 20.3 Å². The highest BCUT2D eigenvalue weighted by atomic mass is 16.7. The molecule has 0 radical (unpaired) electrons. The van der Waals surface area contributed by atoms with E-state index >= 15 is 0 Å². The van der Waals surface area contributed by atoms with E-state index in [9.17, 15) is 4.79 Å². The number of nitrogens with zero attached hydrogens (tertiary/aromatic N) is 1. The van der Waals surface area contributed by atoms with Gasteiger partial charge in [0, 0.05) is 0 Å². The maximum atomic E-state index is 11.5. The Balaban J connectivity index is 2.04. The number of rotatable bonds is 2. The van der Waals surface area contributed by atoms with E-state index in [1.165, 1.54) is 0 Å². The van der Waals surface area contributed by atoms with E-state index in [0.29, 0.717) is 18.9 Å². The van der Waals surface area contributed by atoms with Crippen LogP contribution in [-0.2, 0) is 19.1 Å². The maximum absolute atomic E-state index is 11.5. The van der Waals surface area contributed by atoms with Crippen LogP contribution in [0.15, 0.2) is 5.16 Å². The predicted octanol–water partition coefficient (Wildman–Crippen LogP) is 0.729. The van der Waals surface area contributed by atoms with E-state index in [-0.39, 0.29) is 24.1 Å². The van der Waals surface area contributed by atoms with Crippen LogP contribution in [0.25, 0.3) is 0 Å². The summed E-state index contributed by atoms with van der Waals surface area (Å²) in [5.41, 5.74) is 0.414. The van der Waals surface area contributed by atoms with Crippen LogP contribution < -0.4 is 0 Å². The van der Waals surface area contributed by atoms with Gasteiger partial charge in [0.1, 0.15) is 0 Å². The van der Waals surface area contributed by atoms with Gasteiger partial charge in [0.15, 0.2) is 11.8 Å². The largest absolute Gasteiger partial charge is 0.461 e. The summed E-state index contributed by atoms with van der Waals surface area (Å²) >= 11 is 0. The molecule has 1 fully saturated rings. The Bertz CT molecular complexity index is 289. The standard InChI is InChI=1S/C10H15NO4/c1-3-13-10(12)9-7-4-6(2)14-5-8(7)15-11-9/h6-8H,3-5H2,1-2H3. The first-order valence-corrected chi connectivity index (χ1v) is 5.24. The molecule has 84 valence electrons. The number of fused-ring (bicyclic) bond motifs is 1. The van der Waals surface area contributed by atoms with Gasteiger partial charge in [0.05, 0.1) is 25.2 Å². The Morgan fingerprint density at radius 2 is 2.47 bits per heavy atom. The molecule has 0 amide bonds. The van der Waals surface area contributed by atoms with Crippen LogP contribution >= 0.6 is 0 Å². The monoisotopic (exact) mass is 213 g/mol. The Morgan fingerprint density at radius 3 is 3.20 bits per heavy atom. The van der Waals surface area contributed by atoms with Crippen molar-refractivity contribution in [2.75, 3.05) is 13.2 Å². The Hall–Kier alpha value is -1.10. The molecular formula is C10H15NO4. The number of carbonyl (C=O) groups is 1. The lowest BCUT2D eigenvalue weighted by molar-refractivity contribution is -0.135. The van der Waals surface area contributed by atoms with E-state index in [0.717, 1.165) is 6.42 Å². The van der Waals surface area contributed by atoms with Crippen molar-refractivity contribution in [3.05, 3.63) is 0 Å². The quantitative estimate of drug-likeness (QED) is 0.634. The van der Waals surface area contributed by atoms with E-state index < -0.39 is 0 Å². The van der Waals surface area contributed by atoms with Crippen LogP contribution in [0.4, 0.5) is 0 Å². The zero-order chi connectivity index (χ0) is 10.8. The third-order valence-corrected chi connectivity index (χ3v) is 2.70. The normalized spacial score (nSPS) is 34.0. The molecule has 0 aromatic rings. The molecule has 3 atom stereocenters. The minimum Gasteiger partial charge on any atom is -0.461 e. The minimum atomic E-state index is -0.362. The average Bonchev–Trinajstić information content (AvgIpc) is 2.60. The molecule has 2 aliphatic heterocycles. The third kappa shape index (κ3) is 1.97. The second-order valence-electron chi connectivity index (χ2n) is 3.83. The molecule has 0 aliphatic carbocycles. The van der Waals surface area contributed by atoms with Gasteiger partial charge in [-0.2, -0.15) is 0 Å². The first-order valence-electron chi connectivity index (χ1n) is 5.24. The summed E-state index contributed by atoms with van der Waals surface area (Å²) < 4.78 is 10.3. The van der Waals surface area contributed by atoms with Crippen molar-refractivity contribution in [2.24, 2.45) is 11.1 Å². The average molecular weight is 213 g/mol. The molecule has 3 unspecified atom stereocenters. The molecule has 0 aromatic heterocycles. The van der Waals surface area contributed by atoms with Gasteiger partial charge in [-0.15, -0.1) is 0 Å². The molecule has 2 heterocycles. The Labute approximate surface area is 88.4 Å². The van der Waals surface area contributed by atoms with Crippen molar-refractivity contribution < 1.29 is 19.1 Å². The zero-order valence-corrected chi connectivity index (χ0v) is 8.93. The van der Waals surface area contributed by atoms with Crippen molar-refractivity contribution in [1.29, 1.82) is 0 Å². The van der Waals surface area contributed by atoms with Crippen molar-refractivity contribution in [2.45, 2.75) is 32.5 Å². The van der Waals surface area contributed by atoms with E-state index in [1.54, 1.807) is 6.92 Å². The summed E-state index contributed by atoms with van der Waals surface area (Å²) in [6.07, 6.45) is 0.802. The molecular weight excluding hydrogens is 198 g/mol. The van der Waals surface area contributed by atoms with Gasteiger partial charge in [-0.25, -0.2) is 4.79 Å². The molecule has 0 N–H and O–H groups in total. The van der Waals surface area contributed by atoms with Crippen molar-refractivity contribution in [3.63, 3.8) is 0 Å². The van der Waals surface area contributed by atoms with Crippen LogP contribution in [0.2, 0.25) is 0 Å². The molecule has 15 heavy (non-hydrogen) atoms. The topological polar surface area (TPSA) is 57.1 Å². The van der Waals surface area contributed by atoms with Gasteiger partial charge in [-0.05, 0) is 20.3 Å². The van der Waals surface area contributed by atoms with Crippen LogP contribution in [0.5, 0.6) is 0 Å². The number of oxime groups is 1. The second-order valence-corrected chi connectivity index (χ2v) is 3.83. The SMILES string of the molecule is CCOC(=O)C1=NOC2COC(C)CC12. The first kappa shape index (κ1) is 10.4. The fraction of sp³-hybridized carbons (Fsp3) is 0.800. The van der Waals surface area contributed by atoms with E-state index in [4.69, 9.17) is 14.3 Å². The van der Waals surface area contributed by atoms with Crippen molar-refractivity contribution >= 4 is 11.7 Å². The molecule has 2 aliphatic rings. The smallest absolute Gasteiger partial charge is 0.356 e. The molecule has 0 saturated carbocycles. The van der Waals surface area contributed by atoms with Gasteiger partial charge in [-0.1, -0.05) is 5.16 Å². The van der Waals surface area contributed by atoms with Crippen LogP contribution in [0, 0.1) is 5.92 Å². The molecule has 5 heteroatoms. The lowest BCUT2D eigenvalue weighted by atomic mass is 9.90. The zero-order valence-electron chi connectivity index (χ0n) is 8.93. The van der Waals surface area contributed by atoms with Gasteiger partial charge >= 0.3 is 5.97 Å².